The highest BCUT2D eigenvalue weighted by atomic mass is 32.2. The first-order valence-electron chi connectivity index (χ1n) is 11.8. The van der Waals surface area contributed by atoms with Gasteiger partial charge in [0, 0.05) is 35.5 Å². The number of urea groups is 1. The van der Waals surface area contributed by atoms with Crippen LogP contribution >= 0.6 is 11.3 Å². The Labute approximate surface area is 209 Å². The Hall–Kier alpha value is -2.47. The average molecular weight is 522 g/mol. The second-order valence-corrected chi connectivity index (χ2v) is 12.3. The number of anilines is 1. The molecule has 35 heavy (non-hydrogen) atoms. The number of carbonyl (C=O) groups excluding carboxylic acids is 2. The minimum atomic E-state index is -3.58. The van der Waals surface area contributed by atoms with Crippen molar-refractivity contribution < 1.29 is 27.6 Å². The van der Waals surface area contributed by atoms with Gasteiger partial charge in [-0.25, -0.2) is 23.5 Å². The van der Waals surface area contributed by atoms with Crippen molar-refractivity contribution in [1.82, 2.24) is 10.8 Å². The number of rotatable bonds is 7. The molecule has 11 heteroatoms. The van der Waals surface area contributed by atoms with Crippen molar-refractivity contribution in [3.8, 4) is 10.4 Å². The van der Waals surface area contributed by atoms with Crippen molar-refractivity contribution in [3.63, 3.8) is 0 Å². The zero-order valence-corrected chi connectivity index (χ0v) is 21.3. The van der Waals surface area contributed by atoms with Gasteiger partial charge in [0.25, 0.3) is 0 Å². The molecule has 190 valence electrons. The molecule has 4 rings (SSSR count). The molecule has 2 fully saturated rings. The van der Waals surface area contributed by atoms with E-state index in [0.717, 1.165) is 29.7 Å². The summed E-state index contributed by atoms with van der Waals surface area (Å²) in [6, 6.07) is 10.7. The molecular weight excluding hydrogens is 490 g/mol. The van der Waals surface area contributed by atoms with Crippen LogP contribution < -0.4 is 16.1 Å². The lowest BCUT2D eigenvalue weighted by Gasteiger charge is -2.35. The Morgan fingerprint density at radius 3 is 2.77 bits per heavy atom. The molecule has 3 heterocycles. The summed E-state index contributed by atoms with van der Waals surface area (Å²) >= 11 is 1.36. The smallest absolute Gasteiger partial charge is 0.318 e. The third kappa shape index (κ3) is 5.85. The number of hydrogen-bond acceptors (Lipinski definition) is 7. The van der Waals surface area contributed by atoms with Crippen LogP contribution in [0.2, 0.25) is 0 Å². The molecule has 0 bridgehead atoms. The summed E-state index contributed by atoms with van der Waals surface area (Å²) in [4.78, 5) is 31.4. The van der Waals surface area contributed by atoms with E-state index in [1.807, 2.05) is 24.3 Å². The van der Waals surface area contributed by atoms with Crippen LogP contribution in [0.5, 0.6) is 0 Å². The van der Waals surface area contributed by atoms with Crippen molar-refractivity contribution in [2.45, 2.75) is 56.0 Å². The number of sulfone groups is 1. The quantitative estimate of drug-likeness (QED) is 0.475. The van der Waals surface area contributed by atoms with Gasteiger partial charge in [-0.05, 0) is 55.5 Å². The number of ether oxygens (including phenoxy) is 1. The minimum Gasteiger partial charge on any atom is -0.350 e. The van der Waals surface area contributed by atoms with Crippen LogP contribution in [-0.4, -0.2) is 46.1 Å². The first kappa shape index (κ1) is 25.6. The summed E-state index contributed by atoms with van der Waals surface area (Å²) < 4.78 is 31.0. The van der Waals surface area contributed by atoms with E-state index in [2.05, 4.69) is 16.1 Å². The van der Waals surface area contributed by atoms with E-state index in [1.165, 1.54) is 18.4 Å². The van der Waals surface area contributed by atoms with E-state index in [9.17, 15) is 18.0 Å². The molecule has 0 radical (unpaired) electrons. The van der Waals surface area contributed by atoms with Gasteiger partial charge in [0.1, 0.15) is 4.75 Å². The van der Waals surface area contributed by atoms with Gasteiger partial charge in [-0.2, -0.15) is 0 Å². The zero-order chi connectivity index (χ0) is 24.9. The van der Waals surface area contributed by atoms with E-state index in [4.69, 9.17) is 9.57 Å². The maximum atomic E-state index is 13.4. The van der Waals surface area contributed by atoms with Crippen molar-refractivity contribution in [2.75, 3.05) is 24.7 Å². The van der Waals surface area contributed by atoms with Crippen LogP contribution in [0.1, 0.15) is 49.8 Å². The van der Waals surface area contributed by atoms with Crippen LogP contribution in [0, 0.1) is 0 Å². The Morgan fingerprint density at radius 2 is 2.03 bits per heavy atom. The second-order valence-electron chi connectivity index (χ2n) is 8.84. The number of benzene rings is 1. The third-order valence-electron chi connectivity index (χ3n) is 6.41. The molecule has 1 aromatic carbocycles. The van der Waals surface area contributed by atoms with E-state index in [0.29, 0.717) is 36.4 Å². The van der Waals surface area contributed by atoms with Crippen LogP contribution in [0.15, 0.2) is 36.4 Å². The zero-order valence-electron chi connectivity index (χ0n) is 19.7. The van der Waals surface area contributed by atoms with Crippen molar-refractivity contribution in [3.05, 3.63) is 41.3 Å². The molecule has 2 aromatic rings. The van der Waals surface area contributed by atoms with Crippen LogP contribution in [0.4, 0.5) is 10.5 Å². The molecule has 0 spiro atoms. The van der Waals surface area contributed by atoms with Gasteiger partial charge in [-0.3, -0.25) is 4.79 Å². The average Bonchev–Trinajstić information content (AvgIpc) is 3.36. The SMILES string of the molecule is CNC(=O)Nc1cccc(-c2ccc([C@@]3(CC(=O)NOC4CCCCO4)CCCCS3(=O)=O)s2)c1. The van der Waals surface area contributed by atoms with E-state index in [-0.39, 0.29) is 18.2 Å². The molecule has 0 saturated carbocycles. The highest BCUT2D eigenvalue weighted by Crippen LogP contribution is 2.47. The van der Waals surface area contributed by atoms with Gasteiger partial charge in [0.05, 0.1) is 12.2 Å². The molecule has 0 aliphatic carbocycles. The predicted octanol–water partition coefficient (Wildman–Crippen LogP) is 3.92. The van der Waals surface area contributed by atoms with E-state index < -0.39 is 26.8 Å². The summed E-state index contributed by atoms with van der Waals surface area (Å²) in [5.41, 5.74) is 3.90. The molecular formula is C24H31N3O6S2. The second kappa shape index (κ2) is 11.1. The van der Waals surface area contributed by atoms with Gasteiger partial charge in [-0.15, -0.1) is 11.3 Å². The first-order valence-corrected chi connectivity index (χ1v) is 14.3. The molecule has 2 aliphatic heterocycles. The van der Waals surface area contributed by atoms with Gasteiger partial charge >= 0.3 is 6.03 Å². The number of thiophene rings is 1. The lowest BCUT2D eigenvalue weighted by molar-refractivity contribution is -0.200. The molecule has 3 amide bonds. The fraction of sp³-hybridized carbons (Fsp3) is 0.500. The molecule has 2 aliphatic rings. The highest BCUT2D eigenvalue weighted by Gasteiger charge is 2.49. The monoisotopic (exact) mass is 521 g/mol. The molecule has 2 saturated heterocycles. The Kier molecular flexibility index (Phi) is 8.10. The summed E-state index contributed by atoms with van der Waals surface area (Å²) in [5.74, 6) is -0.428. The molecule has 1 aromatic heterocycles. The van der Waals surface area contributed by atoms with Gasteiger partial charge in [0.2, 0.25) is 5.91 Å². The third-order valence-corrected chi connectivity index (χ3v) is 10.5. The van der Waals surface area contributed by atoms with Crippen molar-refractivity contribution >= 4 is 38.8 Å². The summed E-state index contributed by atoms with van der Waals surface area (Å²) in [5, 5.41) is 5.25. The van der Waals surface area contributed by atoms with E-state index in [1.54, 1.807) is 12.1 Å². The van der Waals surface area contributed by atoms with Gasteiger partial charge < -0.3 is 15.4 Å². The fourth-order valence-electron chi connectivity index (χ4n) is 4.53. The van der Waals surface area contributed by atoms with Gasteiger partial charge in [0.15, 0.2) is 16.1 Å². The van der Waals surface area contributed by atoms with Crippen LogP contribution in [0.25, 0.3) is 10.4 Å². The molecule has 2 atom stereocenters. The van der Waals surface area contributed by atoms with Crippen molar-refractivity contribution in [2.24, 2.45) is 0 Å². The number of hydrogen-bond donors (Lipinski definition) is 3. The summed E-state index contributed by atoms with van der Waals surface area (Å²) in [6.45, 7) is 0.580. The van der Waals surface area contributed by atoms with Crippen LogP contribution in [0.3, 0.4) is 0 Å². The van der Waals surface area contributed by atoms with E-state index >= 15 is 0 Å². The summed E-state index contributed by atoms with van der Waals surface area (Å²) in [7, 11) is -2.04. The topological polar surface area (TPSA) is 123 Å². The predicted molar refractivity (Wildman–Crippen MR) is 135 cm³/mol. The maximum absolute atomic E-state index is 13.4. The standard InChI is InChI=1S/C24H31N3O6S2/c1-25-23(29)26-18-8-6-7-17(15-18)19-10-11-20(34-19)24(12-3-5-14-35(24,30)31)16-21(28)27-33-22-9-2-4-13-32-22/h6-8,10-11,15,22H,2-5,9,12-14,16H2,1H3,(H,27,28)(H2,25,26,29)/t22?,24-/m0/s1. The van der Waals surface area contributed by atoms with Crippen LogP contribution in [-0.2, 0) is 29.0 Å². The fourth-order valence-corrected chi connectivity index (χ4v) is 8.30. The molecule has 3 N–H and O–H groups in total. The van der Waals surface area contributed by atoms with Gasteiger partial charge in [-0.1, -0.05) is 18.6 Å². The number of hydroxylamine groups is 1. The largest absolute Gasteiger partial charge is 0.350 e. The Morgan fingerprint density at radius 1 is 1.17 bits per heavy atom. The van der Waals surface area contributed by atoms with Crippen molar-refractivity contribution in [1.29, 1.82) is 0 Å². The number of nitrogens with one attached hydrogen (secondary N) is 3. The molecule has 9 nitrogen and oxygen atoms in total. The lowest BCUT2D eigenvalue weighted by atomic mass is 9.94. The first-order chi connectivity index (χ1) is 16.8. The number of carbonyl (C=O) groups is 2. The number of amides is 3. The lowest BCUT2D eigenvalue weighted by Crippen LogP contribution is -2.45. The minimum absolute atomic E-state index is 0.0473. The Balaban J connectivity index is 1.57. The normalized spacial score (nSPS) is 23.9. The highest BCUT2D eigenvalue weighted by molar-refractivity contribution is 7.92. The Bertz CT molecular complexity index is 1160. The maximum Gasteiger partial charge on any atom is 0.318 e. The summed E-state index contributed by atoms with van der Waals surface area (Å²) in [6.07, 6.45) is 3.57. The molecule has 1 unspecified atom stereocenters.